The maximum atomic E-state index is 12.6. The third-order valence-electron chi connectivity index (χ3n) is 4.42. The molecule has 1 aromatic carbocycles. The zero-order valence-corrected chi connectivity index (χ0v) is 14.0. The van der Waals surface area contributed by atoms with Gasteiger partial charge in [0.15, 0.2) is 0 Å². The molecule has 0 atom stereocenters. The van der Waals surface area contributed by atoms with Crippen LogP contribution in [0.15, 0.2) is 22.7 Å². The average molecular weight is 339 g/mol. The lowest BCUT2D eigenvalue weighted by atomic mass is 9.75. The fourth-order valence-corrected chi connectivity index (χ4v) is 3.20. The highest BCUT2D eigenvalue weighted by atomic mass is 79.9. The molecule has 1 saturated carbocycles. The monoisotopic (exact) mass is 338 g/mol. The van der Waals surface area contributed by atoms with Gasteiger partial charge < -0.3 is 10.6 Å². The lowest BCUT2D eigenvalue weighted by Gasteiger charge is -2.38. The minimum absolute atomic E-state index is 0.0218. The summed E-state index contributed by atoms with van der Waals surface area (Å²) in [6, 6.07) is 5.76. The summed E-state index contributed by atoms with van der Waals surface area (Å²) in [5, 5.41) is 0. The maximum Gasteiger partial charge on any atom is 0.255 e. The first kappa shape index (κ1) is 15.4. The van der Waals surface area contributed by atoms with Crippen molar-refractivity contribution in [3.05, 3.63) is 28.2 Å². The van der Waals surface area contributed by atoms with E-state index in [0.29, 0.717) is 22.7 Å². The van der Waals surface area contributed by atoms with E-state index in [1.807, 2.05) is 18.0 Å². The van der Waals surface area contributed by atoms with Gasteiger partial charge in [-0.3, -0.25) is 4.79 Å². The van der Waals surface area contributed by atoms with Gasteiger partial charge in [0.25, 0.3) is 5.91 Å². The van der Waals surface area contributed by atoms with Gasteiger partial charge in [0.1, 0.15) is 0 Å². The molecular weight excluding hydrogens is 316 g/mol. The van der Waals surface area contributed by atoms with Gasteiger partial charge in [-0.25, -0.2) is 0 Å². The molecule has 1 aliphatic rings. The highest BCUT2D eigenvalue weighted by Gasteiger charge is 2.31. The first-order valence-electron chi connectivity index (χ1n) is 7.12. The lowest BCUT2D eigenvalue weighted by molar-refractivity contribution is 0.0636. The SMILES string of the molecule is CN(C(=O)c1cc(Br)ccc1N)C1CCC(C)(C)CC1. The average Bonchev–Trinajstić information content (AvgIpc) is 2.40. The van der Waals surface area contributed by atoms with Crippen LogP contribution in [0, 0.1) is 5.41 Å². The van der Waals surface area contributed by atoms with Crippen LogP contribution in [-0.4, -0.2) is 23.9 Å². The van der Waals surface area contributed by atoms with Crippen molar-refractivity contribution in [2.45, 2.75) is 45.6 Å². The number of hydrogen-bond donors (Lipinski definition) is 1. The molecule has 0 radical (unpaired) electrons. The van der Waals surface area contributed by atoms with Crippen molar-refractivity contribution >= 4 is 27.5 Å². The molecular formula is C16H23BrN2O. The Hall–Kier alpha value is -1.03. The van der Waals surface area contributed by atoms with Crippen LogP contribution in [0.3, 0.4) is 0 Å². The van der Waals surface area contributed by atoms with Crippen molar-refractivity contribution in [3.8, 4) is 0 Å². The van der Waals surface area contributed by atoms with Crippen LogP contribution < -0.4 is 5.73 Å². The Morgan fingerprint density at radius 3 is 2.55 bits per heavy atom. The van der Waals surface area contributed by atoms with Gasteiger partial charge in [-0.05, 0) is 49.3 Å². The second-order valence-corrected chi connectivity index (χ2v) is 7.46. The Labute approximate surface area is 129 Å². The Kier molecular flexibility index (Phi) is 4.43. The Morgan fingerprint density at radius 2 is 1.95 bits per heavy atom. The summed E-state index contributed by atoms with van der Waals surface area (Å²) in [4.78, 5) is 14.5. The fourth-order valence-electron chi connectivity index (χ4n) is 2.84. The highest BCUT2D eigenvalue weighted by molar-refractivity contribution is 9.10. The van der Waals surface area contributed by atoms with Gasteiger partial charge in [0.2, 0.25) is 0 Å². The number of carbonyl (C=O) groups excluding carboxylic acids is 1. The van der Waals surface area contributed by atoms with E-state index in [2.05, 4.69) is 29.8 Å². The molecule has 1 amide bonds. The summed E-state index contributed by atoms with van der Waals surface area (Å²) in [5.41, 5.74) is 7.48. The van der Waals surface area contributed by atoms with Crippen molar-refractivity contribution in [1.82, 2.24) is 4.90 Å². The van der Waals surface area contributed by atoms with E-state index >= 15 is 0 Å². The molecule has 2 rings (SSSR count). The Bertz CT molecular complexity index is 503. The third kappa shape index (κ3) is 3.35. The number of halogens is 1. The molecule has 3 nitrogen and oxygen atoms in total. The molecule has 2 N–H and O–H groups in total. The normalized spacial score (nSPS) is 18.8. The number of hydrogen-bond acceptors (Lipinski definition) is 2. The molecule has 0 aliphatic heterocycles. The molecule has 0 heterocycles. The lowest BCUT2D eigenvalue weighted by Crippen LogP contribution is -2.41. The van der Waals surface area contributed by atoms with E-state index in [9.17, 15) is 4.79 Å². The number of nitrogen functional groups attached to an aromatic ring is 1. The summed E-state index contributed by atoms with van der Waals surface area (Å²) in [7, 11) is 1.89. The van der Waals surface area contributed by atoms with E-state index in [1.54, 1.807) is 12.1 Å². The summed E-state index contributed by atoms with van der Waals surface area (Å²) < 4.78 is 0.883. The largest absolute Gasteiger partial charge is 0.398 e. The number of anilines is 1. The van der Waals surface area contributed by atoms with Gasteiger partial charge >= 0.3 is 0 Å². The minimum atomic E-state index is 0.0218. The zero-order chi connectivity index (χ0) is 14.9. The molecule has 0 unspecified atom stereocenters. The fraction of sp³-hybridized carbons (Fsp3) is 0.562. The minimum Gasteiger partial charge on any atom is -0.398 e. The van der Waals surface area contributed by atoms with Crippen LogP contribution >= 0.6 is 15.9 Å². The molecule has 20 heavy (non-hydrogen) atoms. The number of amides is 1. The van der Waals surface area contributed by atoms with E-state index in [1.165, 1.54) is 12.8 Å². The van der Waals surface area contributed by atoms with Gasteiger partial charge in [-0.2, -0.15) is 0 Å². The predicted octanol–water partition coefficient (Wildman–Crippen LogP) is 4.07. The van der Waals surface area contributed by atoms with E-state index in [4.69, 9.17) is 5.73 Å². The maximum absolute atomic E-state index is 12.6. The van der Waals surface area contributed by atoms with Gasteiger partial charge in [-0.1, -0.05) is 29.8 Å². The molecule has 0 aromatic heterocycles. The smallest absolute Gasteiger partial charge is 0.255 e. The summed E-state index contributed by atoms with van der Waals surface area (Å²) in [6.07, 6.45) is 4.48. The number of carbonyl (C=O) groups is 1. The highest BCUT2D eigenvalue weighted by Crippen LogP contribution is 2.37. The zero-order valence-electron chi connectivity index (χ0n) is 12.4. The van der Waals surface area contributed by atoms with Gasteiger partial charge in [-0.15, -0.1) is 0 Å². The standard InChI is InChI=1S/C16H23BrN2O/c1-16(2)8-6-12(7-9-16)19(3)15(20)13-10-11(17)4-5-14(13)18/h4-5,10,12H,6-9,18H2,1-3H3. The van der Waals surface area contributed by atoms with Crippen LogP contribution in [-0.2, 0) is 0 Å². The topological polar surface area (TPSA) is 46.3 Å². The van der Waals surface area contributed by atoms with Crippen molar-refractivity contribution in [1.29, 1.82) is 0 Å². The molecule has 0 spiro atoms. The van der Waals surface area contributed by atoms with Crippen molar-refractivity contribution < 1.29 is 4.79 Å². The van der Waals surface area contributed by atoms with Gasteiger partial charge in [0, 0.05) is 23.2 Å². The summed E-state index contributed by atoms with van der Waals surface area (Å²) in [6.45, 7) is 4.61. The Balaban J connectivity index is 2.11. The first-order chi connectivity index (χ1) is 9.30. The Morgan fingerprint density at radius 1 is 1.35 bits per heavy atom. The summed E-state index contributed by atoms with van der Waals surface area (Å²) >= 11 is 3.40. The van der Waals surface area contributed by atoms with Crippen LogP contribution in [0.1, 0.15) is 49.9 Å². The molecule has 1 aromatic rings. The van der Waals surface area contributed by atoms with Crippen LogP contribution in [0.25, 0.3) is 0 Å². The number of rotatable bonds is 2. The van der Waals surface area contributed by atoms with Crippen molar-refractivity contribution in [2.24, 2.45) is 5.41 Å². The van der Waals surface area contributed by atoms with Crippen molar-refractivity contribution in [3.63, 3.8) is 0 Å². The van der Waals surface area contributed by atoms with E-state index in [-0.39, 0.29) is 5.91 Å². The molecule has 1 aliphatic carbocycles. The molecule has 110 valence electrons. The third-order valence-corrected chi connectivity index (χ3v) is 4.92. The van der Waals surface area contributed by atoms with E-state index < -0.39 is 0 Å². The second-order valence-electron chi connectivity index (χ2n) is 6.54. The molecule has 1 fully saturated rings. The van der Waals surface area contributed by atoms with Crippen LogP contribution in [0.5, 0.6) is 0 Å². The molecule has 4 heteroatoms. The van der Waals surface area contributed by atoms with Gasteiger partial charge in [0.05, 0.1) is 5.56 Å². The number of benzene rings is 1. The van der Waals surface area contributed by atoms with Crippen molar-refractivity contribution in [2.75, 3.05) is 12.8 Å². The molecule has 0 bridgehead atoms. The van der Waals surface area contributed by atoms with Crippen LogP contribution in [0.4, 0.5) is 5.69 Å². The first-order valence-corrected chi connectivity index (χ1v) is 7.92. The number of nitrogens with two attached hydrogens (primary N) is 1. The predicted molar refractivity (Wildman–Crippen MR) is 86.7 cm³/mol. The number of nitrogens with zero attached hydrogens (tertiary/aromatic N) is 1. The quantitative estimate of drug-likeness (QED) is 0.826. The van der Waals surface area contributed by atoms with Crippen LogP contribution in [0.2, 0.25) is 0 Å². The second kappa shape index (κ2) is 5.76. The molecule has 0 saturated heterocycles. The summed E-state index contributed by atoms with van der Waals surface area (Å²) in [5.74, 6) is 0.0218. The van der Waals surface area contributed by atoms with E-state index in [0.717, 1.165) is 17.3 Å².